The van der Waals surface area contributed by atoms with E-state index in [-0.39, 0.29) is 5.97 Å². The van der Waals surface area contributed by atoms with Crippen LogP contribution in [-0.4, -0.2) is 18.1 Å². The number of nitrogens with two attached hydrogens (primary N) is 1. The number of methoxy groups -OCH3 is 1. The van der Waals surface area contributed by atoms with Gasteiger partial charge in [0.1, 0.15) is 5.82 Å². The van der Waals surface area contributed by atoms with Crippen LogP contribution in [0.25, 0.3) is 6.08 Å². The van der Waals surface area contributed by atoms with Gasteiger partial charge in [-0.3, -0.25) is 0 Å². The van der Waals surface area contributed by atoms with E-state index in [1.807, 2.05) is 6.92 Å². The average Bonchev–Trinajstić information content (AvgIpc) is 2.16. The number of nitrogen functional groups attached to an aromatic ring is 1. The highest BCUT2D eigenvalue weighted by Gasteiger charge is 1.97. The summed E-state index contributed by atoms with van der Waals surface area (Å²) in [5.74, 6) is 0.0824. The van der Waals surface area contributed by atoms with Gasteiger partial charge in [0.2, 0.25) is 0 Å². The summed E-state index contributed by atoms with van der Waals surface area (Å²) in [6.45, 7) is 1.83. The molecule has 0 unspecified atom stereocenters. The second-order valence-corrected chi connectivity index (χ2v) is 2.77. The number of carbonyl (C=O) groups excluding carboxylic acids is 1. The number of aryl methyl sites for hydroxylation is 1. The Morgan fingerprint density at radius 1 is 1.57 bits per heavy atom. The Hall–Kier alpha value is -1.84. The first kappa shape index (κ1) is 10.2. The normalized spacial score (nSPS) is 10.4. The molecule has 0 aliphatic heterocycles. The number of nitrogens with zero attached hydrogens (tertiary/aromatic N) is 1. The molecule has 1 heterocycles. The lowest BCUT2D eigenvalue weighted by atomic mass is 10.2. The minimum atomic E-state index is -0.388. The molecule has 74 valence electrons. The summed E-state index contributed by atoms with van der Waals surface area (Å²) in [6.07, 6.45) is 2.99. The summed E-state index contributed by atoms with van der Waals surface area (Å²) in [6, 6.07) is 3.49. The maximum Gasteiger partial charge on any atom is 0.330 e. The topological polar surface area (TPSA) is 65.2 Å². The number of hydrogen-bond acceptors (Lipinski definition) is 4. The van der Waals surface area contributed by atoms with Gasteiger partial charge in [0, 0.05) is 11.8 Å². The zero-order valence-electron chi connectivity index (χ0n) is 8.15. The van der Waals surface area contributed by atoms with E-state index in [1.54, 1.807) is 18.2 Å². The van der Waals surface area contributed by atoms with Crippen molar-refractivity contribution in [1.29, 1.82) is 0 Å². The highest BCUT2D eigenvalue weighted by Crippen LogP contribution is 2.09. The maximum absolute atomic E-state index is 10.8. The van der Waals surface area contributed by atoms with Crippen LogP contribution in [0.2, 0.25) is 0 Å². The molecule has 0 saturated heterocycles. The second-order valence-electron chi connectivity index (χ2n) is 2.77. The van der Waals surface area contributed by atoms with Crippen molar-refractivity contribution in [3.63, 3.8) is 0 Å². The molecule has 4 heteroatoms. The van der Waals surface area contributed by atoms with Crippen LogP contribution in [0.3, 0.4) is 0 Å². The largest absolute Gasteiger partial charge is 0.466 e. The average molecular weight is 192 g/mol. The molecule has 0 spiro atoms. The molecule has 0 amide bonds. The Bertz CT molecular complexity index is 372. The molecular weight excluding hydrogens is 180 g/mol. The van der Waals surface area contributed by atoms with Crippen molar-refractivity contribution in [1.82, 2.24) is 4.98 Å². The number of anilines is 1. The van der Waals surface area contributed by atoms with Crippen molar-refractivity contribution >= 4 is 17.9 Å². The fourth-order valence-corrected chi connectivity index (χ4v) is 0.993. The van der Waals surface area contributed by atoms with E-state index in [2.05, 4.69) is 9.72 Å². The van der Waals surface area contributed by atoms with Crippen LogP contribution >= 0.6 is 0 Å². The van der Waals surface area contributed by atoms with Gasteiger partial charge in [-0.05, 0) is 30.7 Å². The molecule has 1 aromatic rings. The predicted octanol–water partition coefficient (Wildman–Crippen LogP) is 1.16. The third-order valence-corrected chi connectivity index (χ3v) is 1.75. The molecule has 0 saturated carbocycles. The first-order chi connectivity index (χ1) is 6.63. The number of rotatable bonds is 2. The summed E-state index contributed by atoms with van der Waals surface area (Å²) >= 11 is 0. The van der Waals surface area contributed by atoms with Crippen LogP contribution in [0, 0.1) is 6.92 Å². The molecule has 1 aromatic heterocycles. The van der Waals surface area contributed by atoms with Gasteiger partial charge in [-0.1, -0.05) is 0 Å². The van der Waals surface area contributed by atoms with Gasteiger partial charge in [0.25, 0.3) is 0 Å². The van der Waals surface area contributed by atoms with Gasteiger partial charge in [0.05, 0.1) is 7.11 Å². The van der Waals surface area contributed by atoms with Crippen LogP contribution in [0.1, 0.15) is 11.3 Å². The first-order valence-electron chi connectivity index (χ1n) is 4.12. The summed E-state index contributed by atoms with van der Waals surface area (Å²) in [5, 5.41) is 0. The first-order valence-corrected chi connectivity index (χ1v) is 4.12. The van der Waals surface area contributed by atoms with Crippen LogP contribution in [0.4, 0.5) is 5.82 Å². The molecular formula is C10H12N2O2. The Kier molecular flexibility index (Phi) is 3.23. The fraction of sp³-hybridized carbons (Fsp3) is 0.200. The summed E-state index contributed by atoms with van der Waals surface area (Å²) in [7, 11) is 1.33. The molecule has 1 rings (SSSR count). The third kappa shape index (κ3) is 2.58. The fourth-order valence-electron chi connectivity index (χ4n) is 0.993. The number of pyridine rings is 1. The molecule has 14 heavy (non-hydrogen) atoms. The van der Waals surface area contributed by atoms with Crippen LogP contribution < -0.4 is 5.73 Å². The Morgan fingerprint density at radius 3 is 2.86 bits per heavy atom. The Labute approximate surface area is 82.4 Å². The van der Waals surface area contributed by atoms with E-state index < -0.39 is 0 Å². The predicted molar refractivity (Wildman–Crippen MR) is 54.4 cm³/mol. The van der Waals surface area contributed by atoms with Crippen molar-refractivity contribution in [3.05, 3.63) is 29.5 Å². The summed E-state index contributed by atoms with van der Waals surface area (Å²) in [5.41, 5.74) is 7.12. The van der Waals surface area contributed by atoms with Gasteiger partial charge in [-0.2, -0.15) is 0 Å². The van der Waals surface area contributed by atoms with Crippen molar-refractivity contribution in [2.24, 2.45) is 0 Å². The van der Waals surface area contributed by atoms with Gasteiger partial charge in [-0.15, -0.1) is 0 Å². The van der Waals surface area contributed by atoms with E-state index in [1.165, 1.54) is 13.2 Å². The smallest absolute Gasteiger partial charge is 0.330 e. The van der Waals surface area contributed by atoms with Gasteiger partial charge in [0.15, 0.2) is 0 Å². The van der Waals surface area contributed by atoms with Crippen LogP contribution in [0.15, 0.2) is 18.2 Å². The molecule has 0 radical (unpaired) electrons. The minimum Gasteiger partial charge on any atom is -0.466 e. The zero-order valence-corrected chi connectivity index (χ0v) is 8.15. The SMILES string of the molecule is COC(=O)C=Cc1ccc(N)nc1C. The van der Waals surface area contributed by atoms with Crippen molar-refractivity contribution in [2.45, 2.75) is 6.92 Å². The lowest BCUT2D eigenvalue weighted by Crippen LogP contribution is -1.96. The molecule has 0 aliphatic rings. The second kappa shape index (κ2) is 4.41. The Balaban J connectivity index is 2.87. The molecule has 4 nitrogen and oxygen atoms in total. The maximum atomic E-state index is 10.8. The zero-order chi connectivity index (χ0) is 10.6. The minimum absolute atomic E-state index is 0.388. The van der Waals surface area contributed by atoms with Crippen LogP contribution in [-0.2, 0) is 9.53 Å². The van der Waals surface area contributed by atoms with Crippen molar-refractivity contribution < 1.29 is 9.53 Å². The molecule has 2 N–H and O–H groups in total. The quantitative estimate of drug-likeness (QED) is 0.564. The number of ether oxygens (including phenoxy) is 1. The van der Waals surface area contributed by atoms with Crippen molar-refractivity contribution in [3.8, 4) is 0 Å². The third-order valence-electron chi connectivity index (χ3n) is 1.75. The highest BCUT2D eigenvalue weighted by atomic mass is 16.5. The molecule has 0 fully saturated rings. The highest BCUT2D eigenvalue weighted by molar-refractivity contribution is 5.87. The monoisotopic (exact) mass is 192 g/mol. The Morgan fingerprint density at radius 2 is 2.29 bits per heavy atom. The molecule has 0 bridgehead atoms. The lowest BCUT2D eigenvalue weighted by molar-refractivity contribution is -0.134. The standard InChI is InChI=1S/C10H12N2O2/c1-7-8(3-5-9(11)12-7)4-6-10(13)14-2/h3-6H,1-2H3,(H2,11,12). The summed E-state index contributed by atoms with van der Waals surface area (Å²) < 4.78 is 4.46. The lowest BCUT2D eigenvalue weighted by Gasteiger charge is -1.99. The van der Waals surface area contributed by atoms with Gasteiger partial charge in [-0.25, -0.2) is 9.78 Å². The molecule has 0 aliphatic carbocycles. The van der Waals surface area contributed by atoms with Crippen LogP contribution in [0.5, 0.6) is 0 Å². The molecule has 0 atom stereocenters. The van der Waals surface area contributed by atoms with Gasteiger partial charge >= 0.3 is 5.97 Å². The van der Waals surface area contributed by atoms with E-state index in [0.29, 0.717) is 5.82 Å². The number of esters is 1. The number of aromatic nitrogens is 1. The van der Waals surface area contributed by atoms with E-state index >= 15 is 0 Å². The van der Waals surface area contributed by atoms with E-state index in [4.69, 9.17) is 5.73 Å². The van der Waals surface area contributed by atoms with Gasteiger partial charge < -0.3 is 10.5 Å². The van der Waals surface area contributed by atoms with E-state index in [0.717, 1.165) is 11.3 Å². The van der Waals surface area contributed by atoms with Crippen molar-refractivity contribution in [2.75, 3.05) is 12.8 Å². The summed E-state index contributed by atoms with van der Waals surface area (Å²) in [4.78, 5) is 14.9. The van der Waals surface area contributed by atoms with E-state index in [9.17, 15) is 4.79 Å². The molecule has 0 aromatic carbocycles. The number of hydrogen-bond donors (Lipinski definition) is 1. The number of carbonyl (C=O) groups is 1.